The Hall–Kier alpha value is -1.00. The van der Waals surface area contributed by atoms with Crippen LogP contribution in [0.5, 0.6) is 0 Å². The number of guanidine groups is 1. The molecule has 5 nitrogen and oxygen atoms in total. The van der Waals surface area contributed by atoms with Crippen LogP contribution in [0.15, 0.2) is 23.2 Å². The van der Waals surface area contributed by atoms with Crippen LogP contribution in [0.2, 0.25) is 0 Å². The van der Waals surface area contributed by atoms with Crippen molar-refractivity contribution < 1.29 is 8.78 Å². The Morgan fingerprint density at radius 3 is 2.28 bits per heavy atom. The number of hydrogen-bond donors (Lipinski definition) is 2. The van der Waals surface area contributed by atoms with Crippen LogP contribution in [0.4, 0.5) is 8.78 Å². The summed E-state index contributed by atoms with van der Waals surface area (Å²) in [6.07, 6.45) is 2.11. The molecule has 0 aliphatic carbocycles. The van der Waals surface area contributed by atoms with Crippen molar-refractivity contribution in [3.63, 3.8) is 0 Å². The Bertz CT molecular complexity index is 626. The third kappa shape index (κ3) is 7.64. The number of rotatable bonds is 7. The number of aliphatic imine (C=N–C) groups is 1. The van der Waals surface area contributed by atoms with E-state index in [2.05, 4.69) is 34.4 Å². The van der Waals surface area contributed by atoms with Crippen LogP contribution in [-0.4, -0.2) is 68.1 Å². The third-order valence-corrected chi connectivity index (χ3v) is 5.32. The second kappa shape index (κ2) is 12.6. The van der Waals surface area contributed by atoms with Gasteiger partial charge in [-0.05, 0) is 59.8 Å². The second-order valence-electron chi connectivity index (χ2n) is 7.88. The zero-order valence-corrected chi connectivity index (χ0v) is 20.5. The van der Waals surface area contributed by atoms with E-state index < -0.39 is 17.7 Å². The molecule has 1 aromatic carbocycles. The molecule has 0 aromatic heterocycles. The Labute approximate surface area is 191 Å². The average Bonchev–Trinajstić information content (AvgIpc) is 2.64. The van der Waals surface area contributed by atoms with Gasteiger partial charge in [-0.1, -0.05) is 6.07 Å². The van der Waals surface area contributed by atoms with Crippen LogP contribution in [0, 0.1) is 11.6 Å². The van der Waals surface area contributed by atoms with E-state index in [1.165, 1.54) is 18.2 Å². The van der Waals surface area contributed by atoms with Crippen LogP contribution in [-0.2, 0) is 0 Å². The zero-order chi connectivity index (χ0) is 20.7. The lowest BCUT2D eigenvalue weighted by atomic mass is 10.0. The Morgan fingerprint density at radius 2 is 1.79 bits per heavy atom. The Morgan fingerprint density at radius 1 is 1.21 bits per heavy atom. The lowest BCUT2D eigenvalue weighted by molar-refractivity contribution is 0.167. The van der Waals surface area contributed by atoms with Gasteiger partial charge in [0.25, 0.3) is 0 Å². The number of nitrogens with one attached hydrogen (secondary N) is 2. The molecular formula is C21H36F2IN5. The first-order valence-corrected chi connectivity index (χ1v) is 10.2. The molecule has 1 saturated heterocycles. The molecule has 0 saturated carbocycles. The summed E-state index contributed by atoms with van der Waals surface area (Å²) in [5.41, 5.74) is 0.0670. The molecule has 0 amide bonds. The maximum atomic E-state index is 14.3. The predicted octanol–water partition coefficient (Wildman–Crippen LogP) is 3.61. The number of piperidine rings is 1. The standard InChI is InChI=1S/C21H35F2N5.HI/c1-6-24-21(26-16-10-12-28(13-11-16)15(2)3)25-14-19(27(4)5)20-17(22)8-7-9-18(20)23;/h7-9,15-16,19H,6,10-14H2,1-5H3,(H2,24,25,26);1H. The first kappa shape index (κ1) is 26.0. The maximum Gasteiger partial charge on any atom is 0.191 e. The van der Waals surface area contributed by atoms with Crippen LogP contribution >= 0.6 is 24.0 Å². The molecule has 1 aromatic rings. The highest BCUT2D eigenvalue weighted by molar-refractivity contribution is 14.0. The van der Waals surface area contributed by atoms with Gasteiger partial charge >= 0.3 is 0 Å². The van der Waals surface area contributed by atoms with Crippen LogP contribution < -0.4 is 10.6 Å². The third-order valence-electron chi connectivity index (χ3n) is 5.32. The van der Waals surface area contributed by atoms with Gasteiger partial charge in [0.1, 0.15) is 11.6 Å². The molecule has 1 fully saturated rings. The molecule has 1 unspecified atom stereocenters. The fraction of sp³-hybridized carbons (Fsp3) is 0.667. The van der Waals surface area contributed by atoms with Crippen molar-refractivity contribution in [2.75, 3.05) is 40.3 Å². The molecule has 1 aliphatic rings. The van der Waals surface area contributed by atoms with Crippen molar-refractivity contribution in [3.05, 3.63) is 35.4 Å². The van der Waals surface area contributed by atoms with Gasteiger partial charge in [-0.2, -0.15) is 0 Å². The number of hydrogen-bond acceptors (Lipinski definition) is 3. The minimum Gasteiger partial charge on any atom is -0.357 e. The van der Waals surface area contributed by atoms with E-state index >= 15 is 0 Å². The van der Waals surface area contributed by atoms with Crippen molar-refractivity contribution in [2.24, 2.45) is 4.99 Å². The maximum absolute atomic E-state index is 14.3. The minimum atomic E-state index is -0.534. The Kier molecular flexibility index (Phi) is 11.3. The largest absolute Gasteiger partial charge is 0.357 e. The van der Waals surface area contributed by atoms with E-state index in [1.807, 2.05) is 21.0 Å². The van der Waals surface area contributed by atoms with E-state index in [4.69, 9.17) is 0 Å². The summed E-state index contributed by atoms with van der Waals surface area (Å²) < 4.78 is 28.5. The number of likely N-dealkylation sites (N-methyl/N-ethyl adjacent to an activating group) is 1. The fourth-order valence-corrected chi connectivity index (χ4v) is 3.59. The quantitative estimate of drug-likeness (QED) is 0.326. The van der Waals surface area contributed by atoms with E-state index in [0.717, 1.165) is 32.5 Å². The SMILES string of the molecule is CCNC(=NCC(c1c(F)cccc1F)N(C)C)NC1CCN(C(C)C)CC1.I. The van der Waals surface area contributed by atoms with Crippen LogP contribution in [0.1, 0.15) is 45.2 Å². The summed E-state index contributed by atoms with van der Waals surface area (Å²) in [5, 5.41) is 6.76. The number of benzene rings is 1. The highest BCUT2D eigenvalue weighted by Gasteiger charge is 2.24. The molecule has 0 bridgehead atoms. The van der Waals surface area contributed by atoms with Crippen molar-refractivity contribution in [3.8, 4) is 0 Å². The molecule has 2 rings (SSSR count). The predicted molar refractivity (Wildman–Crippen MR) is 127 cm³/mol. The molecule has 1 heterocycles. The zero-order valence-electron chi connectivity index (χ0n) is 18.2. The topological polar surface area (TPSA) is 42.9 Å². The molecule has 29 heavy (non-hydrogen) atoms. The molecule has 8 heteroatoms. The molecule has 2 N–H and O–H groups in total. The van der Waals surface area contributed by atoms with E-state index in [1.54, 1.807) is 4.90 Å². The molecule has 0 spiro atoms. The first-order chi connectivity index (χ1) is 13.3. The average molecular weight is 523 g/mol. The summed E-state index contributed by atoms with van der Waals surface area (Å²) in [7, 11) is 3.63. The minimum absolute atomic E-state index is 0. The van der Waals surface area contributed by atoms with Crippen molar-refractivity contribution in [1.29, 1.82) is 0 Å². The molecular weight excluding hydrogens is 487 g/mol. The summed E-state index contributed by atoms with van der Waals surface area (Å²) in [5.74, 6) is -0.366. The van der Waals surface area contributed by atoms with Gasteiger partial charge in [-0.25, -0.2) is 8.78 Å². The lowest BCUT2D eigenvalue weighted by Gasteiger charge is -2.35. The van der Waals surface area contributed by atoms with Gasteiger partial charge in [-0.15, -0.1) is 24.0 Å². The molecule has 1 atom stereocenters. The monoisotopic (exact) mass is 523 g/mol. The van der Waals surface area contributed by atoms with Gasteiger partial charge in [0.15, 0.2) is 5.96 Å². The number of likely N-dealkylation sites (tertiary alicyclic amines) is 1. The van der Waals surface area contributed by atoms with Crippen LogP contribution in [0.3, 0.4) is 0 Å². The highest BCUT2D eigenvalue weighted by atomic mass is 127. The van der Waals surface area contributed by atoms with Gasteiger partial charge in [0.2, 0.25) is 0 Å². The summed E-state index contributed by atoms with van der Waals surface area (Å²) >= 11 is 0. The van der Waals surface area contributed by atoms with E-state index in [-0.39, 0.29) is 36.1 Å². The summed E-state index contributed by atoms with van der Waals surface area (Å²) in [6.45, 7) is 9.59. The number of halogens is 3. The lowest BCUT2D eigenvalue weighted by Crippen LogP contribution is -2.50. The van der Waals surface area contributed by atoms with E-state index in [9.17, 15) is 8.78 Å². The first-order valence-electron chi connectivity index (χ1n) is 10.2. The van der Waals surface area contributed by atoms with Crippen LogP contribution in [0.25, 0.3) is 0 Å². The van der Waals surface area contributed by atoms with Gasteiger partial charge < -0.3 is 20.4 Å². The van der Waals surface area contributed by atoms with Crippen molar-refractivity contribution in [2.45, 2.75) is 51.7 Å². The van der Waals surface area contributed by atoms with Crippen molar-refractivity contribution in [1.82, 2.24) is 20.4 Å². The second-order valence-corrected chi connectivity index (χ2v) is 7.88. The van der Waals surface area contributed by atoms with Gasteiger partial charge in [0.05, 0.1) is 12.6 Å². The van der Waals surface area contributed by atoms with E-state index in [0.29, 0.717) is 18.0 Å². The van der Waals surface area contributed by atoms with Gasteiger partial charge in [0, 0.05) is 37.3 Å². The highest BCUT2D eigenvalue weighted by Crippen LogP contribution is 2.24. The van der Waals surface area contributed by atoms with Gasteiger partial charge in [-0.3, -0.25) is 4.99 Å². The summed E-state index contributed by atoms with van der Waals surface area (Å²) in [4.78, 5) is 8.93. The molecule has 1 aliphatic heterocycles. The fourth-order valence-electron chi connectivity index (χ4n) is 3.59. The molecule has 166 valence electrons. The summed E-state index contributed by atoms with van der Waals surface area (Å²) in [6, 6.07) is 4.43. The van der Waals surface area contributed by atoms with Crippen molar-refractivity contribution >= 4 is 29.9 Å². The molecule has 0 radical (unpaired) electrons. The Balaban J connectivity index is 0.00000420. The smallest absolute Gasteiger partial charge is 0.191 e. The number of nitrogens with zero attached hydrogens (tertiary/aromatic N) is 3. The normalized spacial score (nSPS) is 17.3.